The molecule has 0 amide bonds. The molecule has 6 nitrogen and oxygen atoms in total. The number of benzene rings is 3. The van der Waals surface area contributed by atoms with Crippen molar-refractivity contribution in [2.24, 2.45) is 0 Å². The molecule has 0 bridgehead atoms. The van der Waals surface area contributed by atoms with Gasteiger partial charge in [0.25, 0.3) is 0 Å². The van der Waals surface area contributed by atoms with Crippen LogP contribution in [-0.4, -0.2) is 9.85 Å². The van der Waals surface area contributed by atoms with Crippen LogP contribution in [0.5, 0.6) is 0 Å². The van der Waals surface area contributed by atoms with Crippen molar-refractivity contribution in [1.29, 1.82) is 0 Å². The number of nitrogens with zero attached hydrogens (tertiary/aromatic N) is 2. The minimum atomic E-state index is -0.711. The van der Waals surface area contributed by atoms with Gasteiger partial charge in [0.05, 0.1) is 15.4 Å². The van der Waals surface area contributed by atoms with Crippen LogP contribution in [0.2, 0.25) is 0 Å². The average molecular weight is 294 g/mol. The van der Waals surface area contributed by atoms with Gasteiger partial charge >= 0.3 is 11.4 Å². The van der Waals surface area contributed by atoms with Gasteiger partial charge < -0.3 is 0 Å². The van der Waals surface area contributed by atoms with E-state index in [1.807, 2.05) is 0 Å². The Labute approximate surface area is 124 Å². The van der Waals surface area contributed by atoms with Crippen LogP contribution in [0.25, 0.3) is 21.9 Å². The molecule has 0 fully saturated rings. The molecule has 0 N–H and O–H groups in total. The van der Waals surface area contributed by atoms with Gasteiger partial charge in [0.1, 0.15) is 0 Å². The van der Waals surface area contributed by atoms with Gasteiger partial charge in [0, 0.05) is 6.07 Å². The molecule has 0 aliphatic rings. The maximum Gasteiger partial charge on any atom is 0.354 e. The van der Waals surface area contributed by atoms with Crippen molar-refractivity contribution in [3.63, 3.8) is 0 Å². The molecule has 0 unspecified atom stereocenters. The van der Waals surface area contributed by atoms with Gasteiger partial charge in [-0.1, -0.05) is 54.6 Å². The van der Waals surface area contributed by atoms with Crippen LogP contribution in [-0.2, 0) is 0 Å². The second-order valence-corrected chi connectivity index (χ2v) is 4.72. The lowest BCUT2D eigenvalue weighted by molar-refractivity contribution is -0.421. The summed E-state index contributed by atoms with van der Waals surface area (Å²) < 4.78 is 0. The minimum Gasteiger partial charge on any atom is -0.258 e. The van der Waals surface area contributed by atoms with E-state index in [-0.39, 0.29) is 5.56 Å². The Morgan fingerprint density at radius 2 is 1.41 bits per heavy atom. The lowest BCUT2D eigenvalue weighted by Gasteiger charge is -2.08. The summed E-state index contributed by atoms with van der Waals surface area (Å²) >= 11 is 0. The highest BCUT2D eigenvalue weighted by Gasteiger charge is 2.31. The molecule has 0 aliphatic heterocycles. The van der Waals surface area contributed by atoms with E-state index < -0.39 is 21.2 Å². The molecule has 0 aromatic heterocycles. The molecule has 0 aliphatic carbocycles. The van der Waals surface area contributed by atoms with Gasteiger partial charge in [-0.3, -0.25) is 20.2 Å². The Bertz CT molecular complexity index is 891. The van der Waals surface area contributed by atoms with Crippen LogP contribution >= 0.6 is 0 Å². The number of hydrogen-bond acceptors (Lipinski definition) is 4. The zero-order chi connectivity index (χ0) is 15.7. The van der Waals surface area contributed by atoms with E-state index in [0.29, 0.717) is 16.3 Å². The SMILES string of the molecule is O=[N+]([O-])c1cc2ccccc2c(-c2ccccc2)c1[N+](=O)[O-]. The van der Waals surface area contributed by atoms with Gasteiger partial charge in [-0.05, 0) is 16.3 Å². The van der Waals surface area contributed by atoms with Crippen molar-refractivity contribution >= 4 is 22.1 Å². The van der Waals surface area contributed by atoms with Gasteiger partial charge in [-0.25, -0.2) is 0 Å². The summed E-state index contributed by atoms with van der Waals surface area (Å²) in [6.45, 7) is 0. The van der Waals surface area contributed by atoms with Crippen molar-refractivity contribution in [2.75, 3.05) is 0 Å². The monoisotopic (exact) mass is 294 g/mol. The van der Waals surface area contributed by atoms with E-state index in [2.05, 4.69) is 0 Å². The quantitative estimate of drug-likeness (QED) is 0.531. The van der Waals surface area contributed by atoms with Crippen molar-refractivity contribution in [2.45, 2.75) is 0 Å². The van der Waals surface area contributed by atoms with Crippen LogP contribution < -0.4 is 0 Å². The smallest absolute Gasteiger partial charge is 0.258 e. The Balaban J connectivity index is 2.53. The Kier molecular flexibility index (Phi) is 3.27. The fraction of sp³-hybridized carbons (Fsp3) is 0. The molecule has 3 aromatic rings. The topological polar surface area (TPSA) is 86.3 Å². The van der Waals surface area contributed by atoms with E-state index in [0.717, 1.165) is 0 Å². The van der Waals surface area contributed by atoms with E-state index in [1.54, 1.807) is 54.6 Å². The molecule has 108 valence electrons. The van der Waals surface area contributed by atoms with Crippen molar-refractivity contribution in [1.82, 2.24) is 0 Å². The fourth-order valence-electron chi connectivity index (χ4n) is 2.54. The van der Waals surface area contributed by atoms with Crippen LogP contribution in [0.1, 0.15) is 0 Å². The minimum absolute atomic E-state index is 0.274. The summed E-state index contributed by atoms with van der Waals surface area (Å²) in [4.78, 5) is 21.3. The number of hydrogen-bond donors (Lipinski definition) is 0. The van der Waals surface area contributed by atoms with Gasteiger partial charge in [-0.15, -0.1) is 0 Å². The largest absolute Gasteiger partial charge is 0.354 e. The summed E-state index contributed by atoms with van der Waals surface area (Å²) in [5.41, 5.74) is -0.123. The number of nitro benzene ring substituents is 2. The number of rotatable bonds is 3. The Morgan fingerprint density at radius 1 is 0.773 bits per heavy atom. The van der Waals surface area contributed by atoms with Gasteiger partial charge in [0.15, 0.2) is 0 Å². The molecule has 0 radical (unpaired) electrons. The first-order valence-electron chi connectivity index (χ1n) is 6.49. The maximum absolute atomic E-state index is 11.5. The molecular weight excluding hydrogens is 284 g/mol. The average Bonchev–Trinajstić information content (AvgIpc) is 2.53. The van der Waals surface area contributed by atoms with Crippen LogP contribution in [0.3, 0.4) is 0 Å². The van der Waals surface area contributed by atoms with E-state index in [1.165, 1.54) is 6.07 Å². The number of fused-ring (bicyclic) bond motifs is 1. The van der Waals surface area contributed by atoms with Gasteiger partial charge in [-0.2, -0.15) is 0 Å². The Morgan fingerprint density at radius 3 is 2.05 bits per heavy atom. The predicted octanol–water partition coefficient (Wildman–Crippen LogP) is 4.32. The molecule has 3 aromatic carbocycles. The van der Waals surface area contributed by atoms with E-state index >= 15 is 0 Å². The molecule has 0 saturated heterocycles. The standard InChI is InChI=1S/C16H10N2O4/c19-17(20)14-10-12-8-4-5-9-13(12)15(16(14)18(21)22)11-6-2-1-3-7-11/h1-10H. The van der Waals surface area contributed by atoms with Crippen LogP contribution in [0.4, 0.5) is 11.4 Å². The highest BCUT2D eigenvalue weighted by molar-refractivity contribution is 6.04. The van der Waals surface area contributed by atoms with Gasteiger partial charge in [0.2, 0.25) is 0 Å². The zero-order valence-corrected chi connectivity index (χ0v) is 11.3. The number of nitro groups is 2. The molecule has 22 heavy (non-hydrogen) atoms. The predicted molar refractivity (Wildman–Crippen MR) is 82.7 cm³/mol. The summed E-state index contributed by atoms with van der Waals surface area (Å²) in [6.07, 6.45) is 0. The molecule has 0 saturated carbocycles. The second kappa shape index (κ2) is 5.25. The zero-order valence-electron chi connectivity index (χ0n) is 11.3. The lowest BCUT2D eigenvalue weighted by Crippen LogP contribution is -2.00. The third-order valence-corrected chi connectivity index (χ3v) is 3.44. The normalized spacial score (nSPS) is 10.5. The molecule has 0 spiro atoms. The van der Waals surface area contributed by atoms with Crippen molar-refractivity contribution in [3.8, 4) is 11.1 Å². The first-order valence-corrected chi connectivity index (χ1v) is 6.49. The molecule has 0 atom stereocenters. The molecule has 3 rings (SSSR count). The first-order chi connectivity index (χ1) is 10.6. The summed E-state index contributed by atoms with van der Waals surface area (Å²) in [7, 11) is 0. The summed E-state index contributed by atoms with van der Waals surface area (Å²) in [6, 6.07) is 16.9. The van der Waals surface area contributed by atoms with Crippen LogP contribution in [0, 0.1) is 20.2 Å². The highest BCUT2D eigenvalue weighted by atomic mass is 16.6. The molecular formula is C16H10N2O4. The maximum atomic E-state index is 11.5. The Hall–Kier alpha value is -3.28. The summed E-state index contributed by atoms with van der Waals surface area (Å²) in [5, 5.41) is 23.9. The van der Waals surface area contributed by atoms with E-state index in [4.69, 9.17) is 0 Å². The molecule has 0 heterocycles. The van der Waals surface area contributed by atoms with E-state index in [9.17, 15) is 20.2 Å². The third kappa shape index (κ3) is 2.16. The van der Waals surface area contributed by atoms with Crippen molar-refractivity contribution in [3.05, 3.63) is 80.9 Å². The summed E-state index contributed by atoms with van der Waals surface area (Å²) in [5.74, 6) is 0. The van der Waals surface area contributed by atoms with Crippen LogP contribution in [0.15, 0.2) is 60.7 Å². The lowest BCUT2D eigenvalue weighted by atomic mass is 9.95. The third-order valence-electron chi connectivity index (χ3n) is 3.44. The first kappa shape index (κ1) is 13.7. The second-order valence-electron chi connectivity index (χ2n) is 4.72. The van der Waals surface area contributed by atoms with Crippen molar-refractivity contribution < 1.29 is 9.85 Å². The fourth-order valence-corrected chi connectivity index (χ4v) is 2.54. The molecule has 6 heteroatoms. The highest BCUT2D eigenvalue weighted by Crippen LogP contribution is 2.43.